The van der Waals surface area contributed by atoms with Crippen LogP contribution >= 0.6 is 11.8 Å². The van der Waals surface area contributed by atoms with Crippen molar-refractivity contribution in [1.29, 1.82) is 0 Å². The van der Waals surface area contributed by atoms with E-state index in [0.717, 1.165) is 41.1 Å². The zero-order chi connectivity index (χ0) is 17.3. The topological polar surface area (TPSA) is 28.0 Å². The van der Waals surface area contributed by atoms with E-state index in [4.69, 9.17) is 9.98 Å². The van der Waals surface area contributed by atoms with Gasteiger partial charge in [-0.3, -0.25) is 0 Å². The number of nitrogens with zero attached hydrogens (tertiary/aromatic N) is 3. The van der Waals surface area contributed by atoms with Gasteiger partial charge >= 0.3 is 0 Å². The van der Waals surface area contributed by atoms with Crippen LogP contribution in [0.3, 0.4) is 0 Å². The zero-order valence-electron chi connectivity index (χ0n) is 14.8. The minimum absolute atomic E-state index is 0.785. The number of benzene rings is 2. The van der Waals surface area contributed by atoms with Crippen molar-refractivity contribution in [2.75, 3.05) is 18.8 Å². The minimum atomic E-state index is 0.785. The summed E-state index contributed by atoms with van der Waals surface area (Å²) in [6, 6.07) is 20.3. The van der Waals surface area contributed by atoms with Crippen molar-refractivity contribution in [2.45, 2.75) is 26.2 Å². The molecule has 2 aromatic carbocycles. The Labute approximate surface area is 154 Å². The van der Waals surface area contributed by atoms with E-state index >= 15 is 0 Å². The monoisotopic (exact) mass is 351 g/mol. The molecule has 4 heteroatoms. The Balaban J connectivity index is 1.98. The molecule has 130 valence electrons. The first-order valence-electron chi connectivity index (χ1n) is 9.02. The summed E-state index contributed by atoms with van der Waals surface area (Å²) in [5.74, 6) is 1.80. The van der Waals surface area contributed by atoms with E-state index < -0.39 is 0 Å². The molecule has 0 radical (unpaired) electrons. The van der Waals surface area contributed by atoms with Gasteiger partial charge in [0.15, 0.2) is 11.0 Å². The summed E-state index contributed by atoms with van der Waals surface area (Å²) in [6.07, 6.45) is 3.82. The quantitative estimate of drug-likeness (QED) is 0.550. The molecular weight excluding hydrogens is 326 g/mol. The highest BCUT2D eigenvalue weighted by atomic mass is 32.2. The summed E-state index contributed by atoms with van der Waals surface area (Å²) in [7, 11) is 0. The third-order valence-corrected chi connectivity index (χ3v) is 5.02. The van der Waals surface area contributed by atoms with Gasteiger partial charge in [-0.05, 0) is 37.1 Å². The lowest BCUT2D eigenvalue weighted by molar-refractivity contribution is 0.348. The number of hydrogen-bond donors (Lipinski definition) is 0. The van der Waals surface area contributed by atoms with Crippen LogP contribution in [0.15, 0.2) is 70.6 Å². The van der Waals surface area contributed by atoms with Crippen LogP contribution in [-0.2, 0) is 0 Å². The number of para-hydroxylation sites is 1. The van der Waals surface area contributed by atoms with Gasteiger partial charge in [-0.2, -0.15) is 0 Å². The molecule has 1 fully saturated rings. The SMILES string of the molecule is CCSC(=NC(=Nc1ccccc1)c1ccccc1)N1CCCCC1. The first-order chi connectivity index (χ1) is 12.4. The van der Waals surface area contributed by atoms with Gasteiger partial charge in [0.1, 0.15) is 0 Å². The molecule has 3 rings (SSSR count). The third kappa shape index (κ3) is 5.20. The molecule has 0 saturated carbocycles. The summed E-state index contributed by atoms with van der Waals surface area (Å²) in [6.45, 7) is 4.37. The second kappa shape index (κ2) is 9.42. The van der Waals surface area contributed by atoms with Crippen LogP contribution in [0.4, 0.5) is 5.69 Å². The summed E-state index contributed by atoms with van der Waals surface area (Å²) in [5.41, 5.74) is 1.99. The minimum Gasteiger partial charge on any atom is -0.351 e. The maximum absolute atomic E-state index is 5.01. The molecule has 1 heterocycles. The Hall–Kier alpha value is -2.07. The Morgan fingerprint density at radius 3 is 2.20 bits per heavy atom. The summed E-state index contributed by atoms with van der Waals surface area (Å²) >= 11 is 1.81. The number of likely N-dealkylation sites (tertiary alicyclic amines) is 1. The van der Waals surface area contributed by atoms with Gasteiger partial charge in [-0.25, -0.2) is 9.98 Å². The fourth-order valence-corrected chi connectivity index (χ4v) is 3.64. The molecule has 0 spiro atoms. The Kier molecular flexibility index (Phi) is 6.69. The van der Waals surface area contributed by atoms with Crippen molar-refractivity contribution in [3.63, 3.8) is 0 Å². The molecule has 1 aliphatic rings. The molecule has 2 aromatic rings. The van der Waals surface area contributed by atoms with E-state index in [9.17, 15) is 0 Å². The van der Waals surface area contributed by atoms with Gasteiger partial charge in [0.05, 0.1) is 5.69 Å². The van der Waals surface area contributed by atoms with Crippen LogP contribution < -0.4 is 0 Å². The molecule has 1 aliphatic heterocycles. The summed E-state index contributed by atoms with van der Waals surface area (Å²) in [4.78, 5) is 12.3. The predicted molar refractivity (Wildman–Crippen MR) is 110 cm³/mol. The van der Waals surface area contributed by atoms with E-state index in [0.29, 0.717) is 0 Å². The molecule has 0 aliphatic carbocycles. The van der Waals surface area contributed by atoms with Crippen molar-refractivity contribution in [3.8, 4) is 0 Å². The van der Waals surface area contributed by atoms with Crippen molar-refractivity contribution in [1.82, 2.24) is 4.90 Å². The molecule has 1 saturated heterocycles. The molecule has 0 bridgehead atoms. The van der Waals surface area contributed by atoms with E-state index in [1.165, 1.54) is 19.3 Å². The maximum Gasteiger partial charge on any atom is 0.166 e. The van der Waals surface area contributed by atoms with Crippen LogP contribution in [0.25, 0.3) is 0 Å². The Morgan fingerprint density at radius 2 is 1.56 bits per heavy atom. The van der Waals surface area contributed by atoms with E-state index in [-0.39, 0.29) is 0 Å². The summed E-state index contributed by atoms with van der Waals surface area (Å²) < 4.78 is 0. The van der Waals surface area contributed by atoms with Gasteiger partial charge in [0, 0.05) is 18.7 Å². The largest absolute Gasteiger partial charge is 0.351 e. The van der Waals surface area contributed by atoms with Crippen molar-refractivity contribution < 1.29 is 0 Å². The Morgan fingerprint density at radius 1 is 0.920 bits per heavy atom. The smallest absolute Gasteiger partial charge is 0.166 e. The zero-order valence-corrected chi connectivity index (χ0v) is 15.6. The molecule has 0 N–H and O–H groups in total. The average molecular weight is 352 g/mol. The predicted octanol–water partition coefficient (Wildman–Crippen LogP) is 5.36. The lowest BCUT2D eigenvalue weighted by atomic mass is 10.1. The van der Waals surface area contributed by atoms with Gasteiger partial charge < -0.3 is 4.90 Å². The molecule has 0 atom stereocenters. The molecule has 25 heavy (non-hydrogen) atoms. The summed E-state index contributed by atoms with van der Waals surface area (Å²) in [5, 5.41) is 1.10. The first-order valence-corrected chi connectivity index (χ1v) is 10.0. The van der Waals surface area contributed by atoms with Crippen LogP contribution in [0.5, 0.6) is 0 Å². The van der Waals surface area contributed by atoms with E-state index in [1.54, 1.807) is 0 Å². The third-order valence-electron chi connectivity index (χ3n) is 4.12. The van der Waals surface area contributed by atoms with Gasteiger partial charge in [0.25, 0.3) is 0 Å². The molecule has 0 amide bonds. The normalized spacial score (nSPS) is 16.1. The standard InChI is InChI=1S/C21H25N3S/c1-2-25-21(24-16-10-5-11-17-24)23-20(18-12-6-3-7-13-18)22-19-14-8-4-9-15-19/h3-4,6-9,12-15H,2,5,10-11,16-17H2,1H3. The van der Waals surface area contributed by atoms with Gasteiger partial charge in [-0.1, -0.05) is 67.2 Å². The van der Waals surface area contributed by atoms with E-state index in [2.05, 4.69) is 24.0 Å². The van der Waals surface area contributed by atoms with Crippen molar-refractivity contribution in [2.24, 2.45) is 9.98 Å². The lowest BCUT2D eigenvalue weighted by Gasteiger charge is -2.29. The van der Waals surface area contributed by atoms with Crippen LogP contribution in [-0.4, -0.2) is 34.7 Å². The number of amidine groups is 2. The number of rotatable bonds is 3. The highest BCUT2D eigenvalue weighted by Gasteiger charge is 2.16. The van der Waals surface area contributed by atoms with Crippen molar-refractivity contribution in [3.05, 3.63) is 66.2 Å². The maximum atomic E-state index is 5.01. The first kappa shape index (κ1) is 17.7. The van der Waals surface area contributed by atoms with Gasteiger partial charge in [-0.15, -0.1) is 0 Å². The van der Waals surface area contributed by atoms with E-state index in [1.807, 2.05) is 60.3 Å². The molecular formula is C21H25N3S. The van der Waals surface area contributed by atoms with Crippen LogP contribution in [0, 0.1) is 0 Å². The number of thioether (sulfide) groups is 1. The number of piperidine rings is 1. The van der Waals surface area contributed by atoms with Crippen LogP contribution in [0.1, 0.15) is 31.7 Å². The molecule has 0 aromatic heterocycles. The lowest BCUT2D eigenvalue weighted by Crippen LogP contribution is -2.34. The molecule has 0 unspecified atom stereocenters. The molecule has 3 nitrogen and oxygen atoms in total. The van der Waals surface area contributed by atoms with Gasteiger partial charge in [0.2, 0.25) is 0 Å². The highest BCUT2D eigenvalue weighted by molar-refractivity contribution is 8.13. The Bertz CT molecular complexity index is 704. The second-order valence-corrected chi connectivity index (χ2v) is 7.24. The van der Waals surface area contributed by atoms with Crippen molar-refractivity contribution >= 4 is 28.5 Å². The fourth-order valence-electron chi connectivity index (χ4n) is 2.87. The number of hydrogen-bond acceptors (Lipinski definition) is 2. The average Bonchev–Trinajstić information content (AvgIpc) is 2.69. The highest BCUT2D eigenvalue weighted by Crippen LogP contribution is 2.19. The second-order valence-electron chi connectivity index (χ2n) is 6.01. The fraction of sp³-hybridized carbons (Fsp3) is 0.333. The van der Waals surface area contributed by atoms with Crippen LogP contribution in [0.2, 0.25) is 0 Å². The number of aliphatic imine (C=N–C) groups is 2.